The fourth-order valence-corrected chi connectivity index (χ4v) is 2.31. The molecule has 1 aromatic carbocycles. The molecule has 1 fully saturated rings. The smallest absolute Gasteiger partial charge is 0.228 e. The molecule has 2 rings (SSSR count). The van der Waals surface area contributed by atoms with E-state index in [2.05, 4.69) is 0 Å². The quantitative estimate of drug-likeness (QED) is 0.844. The van der Waals surface area contributed by atoms with E-state index >= 15 is 0 Å². The van der Waals surface area contributed by atoms with E-state index in [0.717, 1.165) is 6.07 Å². The summed E-state index contributed by atoms with van der Waals surface area (Å²) >= 11 is 11.5. The molecular formula is C10H9Cl2FN2O. The van der Waals surface area contributed by atoms with Gasteiger partial charge < -0.3 is 10.6 Å². The van der Waals surface area contributed by atoms with Crippen LogP contribution in [0.15, 0.2) is 12.1 Å². The first-order valence-electron chi connectivity index (χ1n) is 4.69. The number of benzene rings is 1. The van der Waals surface area contributed by atoms with Crippen LogP contribution in [0.2, 0.25) is 10.0 Å². The molecule has 86 valence electrons. The minimum absolute atomic E-state index is 0.0593. The number of nitrogens with two attached hydrogens (primary N) is 1. The fourth-order valence-electron chi connectivity index (χ4n) is 1.74. The Bertz CT molecular complexity index is 429. The van der Waals surface area contributed by atoms with E-state index in [0.29, 0.717) is 0 Å². The molecule has 6 heteroatoms. The molecule has 1 amide bonds. The molecule has 1 saturated heterocycles. The zero-order valence-electron chi connectivity index (χ0n) is 8.21. The van der Waals surface area contributed by atoms with Gasteiger partial charge in [-0.05, 0) is 12.1 Å². The number of rotatable bonds is 1. The molecule has 0 aromatic heterocycles. The molecular weight excluding hydrogens is 254 g/mol. The van der Waals surface area contributed by atoms with Crippen molar-refractivity contribution < 1.29 is 9.18 Å². The maximum atomic E-state index is 13.7. The first-order valence-corrected chi connectivity index (χ1v) is 5.45. The Labute approximate surface area is 102 Å². The maximum Gasteiger partial charge on any atom is 0.228 e. The van der Waals surface area contributed by atoms with Gasteiger partial charge in [0.25, 0.3) is 0 Å². The van der Waals surface area contributed by atoms with Gasteiger partial charge in [-0.25, -0.2) is 4.39 Å². The lowest BCUT2D eigenvalue weighted by atomic mass is 10.2. The van der Waals surface area contributed by atoms with Gasteiger partial charge in [0.1, 0.15) is 5.82 Å². The van der Waals surface area contributed by atoms with E-state index in [1.54, 1.807) is 0 Å². The van der Waals surface area contributed by atoms with Crippen LogP contribution in [0.1, 0.15) is 6.42 Å². The number of hydrogen-bond donors (Lipinski definition) is 1. The molecule has 1 aromatic rings. The topological polar surface area (TPSA) is 46.3 Å². The van der Waals surface area contributed by atoms with Crippen LogP contribution in [-0.2, 0) is 4.79 Å². The van der Waals surface area contributed by atoms with Gasteiger partial charge in [0.2, 0.25) is 5.91 Å². The van der Waals surface area contributed by atoms with Crippen LogP contribution in [0.3, 0.4) is 0 Å². The Morgan fingerprint density at radius 3 is 2.62 bits per heavy atom. The van der Waals surface area contributed by atoms with Gasteiger partial charge in [0.05, 0.1) is 10.7 Å². The van der Waals surface area contributed by atoms with Gasteiger partial charge in [0, 0.05) is 24.0 Å². The van der Waals surface area contributed by atoms with Crippen molar-refractivity contribution in [3.63, 3.8) is 0 Å². The molecule has 0 bridgehead atoms. The Kier molecular flexibility index (Phi) is 3.06. The van der Waals surface area contributed by atoms with Crippen LogP contribution in [0.5, 0.6) is 0 Å². The largest absolute Gasteiger partial charge is 0.326 e. The van der Waals surface area contributed by atoms with Crippen molar-refractivity contribution in [2.75, 3.05) is 11.4 Å². The second-order valence-electron chi connectivity index (χ2n) is 3.69. The van der Waals surface area contributed by atoms with Crippen LogP contribution in [0.4, 0.5) is 10.1 Å². The minimum atomic E-state index is -0.611. The lowest BCUT2D eigenvalue weighted by Crippen LogP contribution is -2.29. The van der Waals surface area contributed by atoms with E-state index in [-0.39, 0.29) is 40.6 Å². The van der Waals surface area contributed by atoms with E-state index < -0.39 is 5.82 Å². The highest BCUT2D eigenvalue weighted by atomic mass is 35.5. The highest BCUT2D eigenvalue weighted by Gasteiger charge is 2.31. The predicted molar refractivity (Wildman–Crippen MR) is 61.4 cm³/mol. The van der Waals surface area contributed by atoms with Crippen LogP contribution < -0.4 is 10.6 Å². The zero-order valence-corrected chi connectivity index (χ0v) is 9.72. The van der Waals surface area contributed by atoms with Crippen molar-refractivity contribution in [2.24, 2.45) is 5.73 Å². The summed E-state index contributed by atoms with van der Waals surface area (Å²) < 4.78 is 13.7. The highest BCUT2D eigenvalue weighted by molar-refractivity contribution is 6.36. The molecule has 16 heavy (non-hydrogen) atoms. The SMILES string of the molecule is NC1CC(=O)N(c2c(F)cc(Cl)cc2Cl)C1. The summed E-state index contributed by atoms with van der Waals surface area (Å²) in [5.74, 6) is -0.837. The Balaban J connectivity index is 2.44. The van der Waals surface area contributed by atoms with Gasteiger partial charge in [0.15, 0.2) is 0 Å². The first-order chi connectivity index (χ1) is 7.49. The van der Waals surface area contributed by atoms with Gasteiger partial charge in [-0.2, -0.15) is 0 Å². The van der Waals surface area contributed by atoms with Crippen molar-refractivity contribution in [2.45, 2.75) is 12.5 Å². The predicted octanol–water partition coefficient (Wildman–Crippen LogP) is 2.20. The molecule has 0 spiro atoms. The van der Waals surface area contributed by atoms with E-state index in [1.165, 1.54) is 11.0 Å². The number of hydrogen-bond acceptors (Lipinski definition) is 2. The number of amides is 1. The molecule has 1 unspecified atom stereocenters. The maximum absolute atomic E-state index is 13.7. The molecule has 0 aliphatic carbocycles. The van der Waals surface area contributed by atoms with E-state index in [1.807, 2.05) is 0 Å². The molecule has 1 aliphatic heterocycles. The van der Waals surface area contributed by atoms with Crippen molar-refractivity contribution in [3.8, 4) is 0 Å². The Hall–Kier alpha value is -0.840. The first kappa shape index (κ1) is 11.6. The minimum Gasteiger partial charge on any atom is -0.326 e. The van der Waals surface area contributed by atoms with Crippen LogP contribution >= 0.6 is 23.2 Å². The van der Waals surface area contributed by atoms with E-state index in [9.17, 15) is 9.18 Å². The molecule has 1 aliphatic rings. The summed E-state index contributed by atoms with van der Waals surface area (Å²) in [4.78, 5) is 12.8. The normalized spacial score (nSPS) is 20.6. The molecule has 1 heterocycles. The van der Waals surface area contributed by atoms with Gasteiger partial charge in [-0.1, -0.05) is 23.2 Å². The van der Waals surface area contributed by atoms with Gasteiger partial charge in [-0.15, -0.1) is 0 Å². The lowest BCUT2D eigenvalue weighted by Gasteiger charge is -2.18. The summed E-state index contributed by atoms with van der Waals surface area (Å²) in [6.45, 7) is 0.275. The third-order valence-electron chi connectivity index (χ3n) is 2.41. The average Bonchev–Trinajstić information content (AvgIpc) is 2.43. The van der Waals surface area contributed by atoms with Crippen molar-refractivity contribution >= 4 is 34.8 Å². The number of carbonyl (C=O) groups is 1. The third-order valence-corrected chi connectivity index (χ3v) is 2.91. The van der Waals surface area contributed by atoms with Crippen LogP contribution in [0.25, 0.3) is 0 Å². The van der Waals surface area contributed by atoms with Crippen LogP contribution in [-0.4, -0.2) is 18.5 Å². The van der Waals surface area contributed by atoms with E-state index in [4.69, 9.17) is 28.9 Å². The molecule has 3 nitrogen and oxygen atoms in total. The molecule has 2 N–H and O–H groups in total. The standard InChI is InChI=1S/C10H9Cl2FN2O/c11-5-1-7(12)10(8(13)2-5)15-4-6(14)3-9(15)16/h1-2,6H,3-4,14H2. The summed E-state index contributed by atoms with van der Waals surface area (Å²) in [7, 11) is 0. The molecule has 0 radical (unpaired) electrons. The lowest BCUT2D eigenvalue weighted by molar-refractivity contribution is -0.117. The Morgan fingerprint density at radius 2 is 2.12 bits per heavy atom. The highest BCUT2D eigenvalue weighted by Crippen LogP contribution is 2.34. The zero-order chi connectivity index (χ0) is 11.9. The Morgan fingerprint density at radius 1 is 1.44 bits per heavy atom. The summed E-state index contributed by atoms with van der Waals surface area (Å²) in [6.07, 6.45) is 0.207. The molecule has 0 saturated carbocycles. The fraction of sp³-hybridized carbons (Fsp3) is 0.300. The summed E-state index contributed by atoms with van der Waals surface area (Å²) in [5, 5.41) is 0.314. The number of carbonyl (C=O) groups excluding carboxylic acids is 1. The second kappa shape index (κ2) is 4.20. The van der Waals surface area contributed by atoms with Crippen molar-refractivity contribution in [3.05, 3.63) is 28.0 Å². The van der Waals surface area contributed by atoms with Gasteiger partial charge >= 0.3 is 0 Å². The van der Waals surface area contributed by atoms with Gasteiger partial charge in [-0.3, -0.25) is 4.79 Å². The number of anilines is 1. The summed E-state index contributed by atoms with van der Waals surface area (Å²) in [6, 6.07) is 2.25. The molecule has 1 atom stereocenters. The number of halogens is 3. The monoisotopic (exact) mass is 262 g/mol. The average molecular weight is 263 g/mol. The van der Waals surface area contributed by atoms with Crippen LogP contribution in [0, 0.1) is 5.82 Å². The van der Waals surface area contributed by atoms with Crippen molar-refractivity contribution in [1.29, 1.82) is 0 Å². The number of nitrogens with zero attached hydrogens (tertiary/aromatic N) is 1. The summed E-state index contributed by atoms with van der Waals surface area (Å²) in [5.41, 5.74) is 5.69. The second-order valence-corrected chi connectivity index (χ2v) is 4.53. The third kappa shape index (κ3) is 2.00. The van der Waals surface area contributed by atoms with Crippen molar-refractivity contribution in [1.82, 2.24) is 0 Å².